The lowest BCUT2D eigenvalue weighted by Crippen LogP contribution is -2.50. The van der Waals surface area contributed by atoms with Gasteiger partial charge in [-0.05, 0) is 44.4 Å². The molecule has 0 aromatic rings. The second-order valence-corrected chi connectivity index (χ2v) is 5.44. The van der Waals surface area contributed by atoms with Crippen molar-refractivity contribution < 1.29 is 14.7 Å². The molecule has 2 N–H and O–H groups in total. The molecule has 2 amide bonds. The monoisotopic (exact) mass is 254 g/mol. The zero-order valence-corrected chi connectivity index (χ0v) is 10.9. The average molecular weight is 254 g/mol. The van der Waals surface area contributed by atoms with Gasteiger partial charge in [0, 0.05) is 13.1 Å². The van der Waals surface area contributed by atoms with E-state index in [1.807, 2.05) is 6.92 Å². The van der Waals surface area contributed by atoms with Gasteiger partial charge in [-0.1, -0.05) is 6.42 Å². The van der Waals surface area contributed by atoms with E-state index in [4.69, 9.17) is 5.11 Å². The summed E-state index contributed by atoms with van der Waals surface area (Å²) in [6.07, 6.45) is 5.45. The molecule has 5 nitrogen and oxygen atoms in total. The minimum Gasteiger partial charge on any atom is -0.480 e. The summed E-state index contributed by atoms with van der Waals surface area (Å²) in [7, 11) is 0. The number of amides is 2. The Morgan fingerprint density at radius 1 is 1.33 bits per heavy atom. The molecule has 1 unspecified atom stereocenters. The van der Waals surface area contributed by atoms with Gasteiger partial charge in [0.2, 0.25) is 0 Å². The van der Waals surface area contributed by atoms with Gasteiger partial charge in [0.15, 0.2) is 0 Å². The summed E-state index contributed by atoms with van der Waals surface area (Å²) in [4.78, 5) is 24.9. The maximum Gasteiger partial charge on any atom is 0.326 e. The normalized spacial score (nSPS) is 20.9. The number of nitrogens with zero attached hydrogens (tertiary/aromatic N) is 1. The highest BCUT2D eigenvalue weighted by Crippen LogP contribution is 2.33. The number of nitrogens with one attached hydrogen (secondary N) is 1. The van der Waals surface area contributed by atoms with E-state index in [0.717, 1.165) is 19.4 Å². The minimum atomic E-state index is -0.912. The smallest absolute Gasteiger partial charge is 0.326 e. The second kappa shape index (κ2) is 5.59. The number of hydrogen-bond donors (Lipinski definition) is 2. The first kappa shape index (κ1) is 13.2. The Bertz CT molecular complexity index is 324. The predicted octanol–water partition coefficient (Wildman–Crippen LogP) is 1.68. The molecule has 0 aromatic heterocycles. The van der Waals surface area contributed by atoms with Crippen LogP contribution < -0.4 is 5.32 Å². The van der Waals surface area contributed by atoms with E-state index >= 15 is 0 Å². The lowest BCUT2D eigenvalue weighted by Gasteiger charge is -2.32. The SMILES string of the molecule is CCN(CC1CCC1)C(=O)NC(C(=O)O)C1CC1. The van der Waals surface area contributed by atoms with Crippen LogP contribution in [0.2, 0.25) is 0 Å². The van der Waals surface area contributed by atoms with E-state index in [0.29, 0.717) is 12.5 Å². The number of carboxylic acid groups (broad SMARTS) is 1. The van der Waals surface area contributed by atoms with E-state index in [9.17, 15) is 9.59 Å². The molecule has 2 aliphatic rings. The quantitative estimate of drug-likeness (QED) is 0.757. The van der Waals surface area contributed by atoms with Crippen LogP contribution in [0, 0.1) is 11.8 Å². The van der Waals surface area contributed by atoms with Crippen LogP contribution in [0.5, 0.6) is 0 Å². The number of carbonyl (C=O) groups is 2. The molecule has 2 aliphatic carbocycles. The first-order chi connectivity index (χ1) is 8.61. The summed E-state index contributed by atoms with van der Waals surface area (Å²) in [5.74, 6) is -0.167. The van der Waals surface area contributed by atoms with E-state index in [2.05, 4.69) is 5.32 Å². The summed E-state index contributed by atoms with van der Waals surface area (Å²) in [6, 6.07) is -0.920. The molecule has 102 valence electrons. The molecule has 0 saturated heterocycles. The number of rotatable bonds is 6. The largest absolute Gasteiger partial charge is 0.480 e. The molecule has 18 heavy (non-hydrogen) atoms. The third-order valence-electron chi connectivity index (χ3n) is 4.01. The number of aliphatic carboxylic acids is 1. The number of carboxylic acids is 1. The van der Waals surface area contributed by atoms with E-state index in [1.165, 1.54) is 19.3 Å². The summed E-state index contributed by atoms with van der Waals surface area (Å²) in [6.45, 7) is 3.34. The zero-order chi connectivity index (χ0) is 13.1. The standard InChI is InChI=1S/C13H22N2O3/c1-2-15(8-9-4-3-5-9)13(18)14-11(12(16)17)10-6-7-10/h9-11H,2-8H2,1H3,(H,14,18)(H,16,17). The van der Waals surface area contributed by atoms with Crippen LogP contribution in [0.25, 0.3) is 0 Å². The Morgan fingerprint density at radius 3 is 2.39 bits per heavy atom. The van der Waals surface area contributed by atoms with Crippen LogP contribution in [0.4, 0.5) is 4.79 Å². The predicted molar refractivity (Wildman–Crippen MR) is 67.3 cm³/mol. The lowest BCUT2D eigenvalue weighted by molar-refractivity contribution is -0.139. The van der Waals surface area contributed by atoms with Crippen LogP contribution in [0.15, 0.2) is 0 Å². The highest BCUT2D eigenvalue weighted by Gasteiger charge is 2.38. The van der Waals surface area contributed by atoms with Crippen molar-refractivity contribution in [3.05, 3.63) is 0 Å². The summed E-state index contributed by atoms with van der Waals surface area (Å²) in [5, 5.41) is 11.8. The second-order valence-electron chi connectivity index (χ2n) is 5.44. The fourth-order valence-corrected chi connectivity index (χ4v) is 2.38. The fraction of sp³-hybridized carbons (Fsp3) is 0.846. The number of carbonyl (C=O) groups excluding carboxylic acids is 1. The Balaban J connectivity index is 1.84. The molecule has 2 saturated carbocycles. The fourth-order valence-electron chi connectivity index (χ4n) is 2.38. The molecule has 0 spiro atoms. The molecule has 1 atom stereocenters. The van der Waals surface area contributed by atoms with E-state index in [1.54, 1.807) is 4.90 Å². The third-order valence-corrected chi connectivity index (χ3v) is 4.01. The third kappa shape index (κ3) is 3.15. The average Bonchev–Trinajstić information content (AvgIpc) is 3.07. The summed E-state index contributed by atoms with van der Waals surface area (Å²) >= 11 is 0. The summed E-state index contributed by atoms with van der Waals surface area (Å²) in [5.41, 5.74) is 0. The highest BCUT2D eigenvalue weighted by atomic mass is 16.4. The van der Waals surface area contributed by atoms with Crippen LogP contribution in [0.1, 0.15) is 39.0 Å². The van der Waals surface area contributed by atoms with Gasteiger partial charge in [-0.15, -0.1) is 0 Å². The lowest BCUT2D eigenvalue weighted by atomic mass is 9.85. The first-order valence-corrected chi connectivity index (χ1v) is 6.90. The molecular formula is C13H22N2O3. The van der Waals surface area contributed by atoms with Crippen molar-refractivity contribution in [3.8, 4) is 0 Å². The van der Waals surface area contributed by atoms with Crippen LogP contribution in [0.3, 0.4) is 0 Å². The first-order valence-electron chi connectivity index (χ1n) is 6.90. The van der Waals surface area contributed by atoms with Gasteiger partial charge >= 0.3 is 12.0 Å². The van der Waals surface area contributed by atoms with E-state index in [-0.39, 0.29) is 11.9 Å². The maximum absolute atomic E-state index is 12.0. The van der Waals surface area contributed by atoms with Crippen molar-refractivity contribution in [1.29, 1.82) is 0 Å². The molecule has 5 heteroatoms. The van der Waals surface area contributed by atoms with Crippen molar-refractivity contribution in [3.63, 3.8) is 0 Å². The van der Waals surface area contributed by atoms with Crippen LogP contribution in [-0.4, -0.2) is 41.1 Å². The minimum absolute atomic E-state index is 0.133. The molecular weight excluding hydrogens is 232 g/mol. The van der Waals surface area contributed by atoms with Gasteiger partial charge in [-0.2, -0.15) is 0 Å². The van der Waals surface area contributed by atoms with E-state index < -0.39 is 12.0 Å². The Labute approximate surface area is 108 Å². The van der Waals surface area contributed by atoms with Crippen molar-refractivity contribution >= 4 is 12.0 Å². The molecule has 0 aliphatic heterocycles. The van der Waals surface area contributed by atoms with Crippen LogP contribution in [-0.2, 0) is 4.79 Å². The van der Waals surface area contributed by atoms with Gasteiger partial charge in [0.1, 0.15) is 6.04 Å². The van der Waals surface area contributed by atoms with Crippen LogP contribution >= 0.6 is 0 Å². The number of urea groups is 1. The van der Waals surface area contributed by atoms with Gasteiger partial charge in [-0.25, -0.2) is 9.59 Å². The topological polar surface area (TPSA) is 69.6 Å². The van der Waals surface area contributed by atoms with Gasteiger partial charge in [-0.3, -0.25) is 0 Å². The van der Waals surface area contributed by atoms with Crippen molar-refractivity contribution in [2.45, 2.75) is 45.1 Å². The highest BCUT2D eigenvalue weighted by molar-refractivity contribution is 5.83. The molecule has 2 rings (SSSR count). The number of hydrogen-bond acceptors (Lipinski definition) is 2. The van der Waals surface area contributed by atoms with Crippen molar-refractivity contribution in [1.82, 2.24) is 10.2 Å². The van der Waals surface area contributed by atoms with Crippen molar-refractivity contribution in [2.24, 2.45) is 11.8 Å². The Kier molecular flexibility index (Phi) is 4.09. The summed E-state index contributed by atoms with van der Waals surface area (Å²) < 4.78 is 0. The maximum atomic E-state index is 12.0. The van der Waals surface area contributed by atoms with Crippen molar-refractivity contribution in [2.75, 3.05) is 13.1 Å². The Morgan fingerprint density at radius 2 is 2.00 bits per heavy atom. The Hall–Kier alpha value is -1.26. The van der Waals surface area contributed by atoms with Gasteiger partial charge in [0.25, 0.3) is 0 Å². The molecule has 2 fully saturated rings. The van der Waals surface area contributed by atoms with Gasteiger partial charge in [0.05, 0.1) is 0 Å². The zero-order valence-electron chi connectivity index (χ0n) is 10.9. The van der Waals surface area contributed by atoms with Gasteiger partial charge < -0.3 is 15.3 Å². The molecule has 0 aromatic carbocycles. The molecule has 0 bridgehead atoms. The molecule has 0 heterocycles. The molecule has 0 radical (unpaired) electrons.